The molecule has 138 valence electrons. The molecule has 1 aromatic heterocycles. The summed E-state index contributed by atoms with van der Waals surface area (Å²) in [6.07, 6.45) is 5.60. The molecule has 1 saturated heterocycles. The number of imidazole rings is 1. The molecular formula is C20H25N3O3. The summed E-state index contributed by atoms with van der Waals surface area (Å²) in [7, 11) is 1.70. The van der Waals surface area contributed by atoms with Crippen LogP contribution in [0.25, 0.3) is 0 Å². The van der Waals surface area contributed by atoms with Gasteiger partial charge in [-0.15, -0.1) is 0 Å². The fourth-order valence-corrected chi connectivity index (χ4v) is 3.45. The predicted molar refractivity (Wildman–Crippen MR) is 98.4 cm³/mol. The number of piperidine rings is 1. The van der Waals surface area contributed by atoms with Crippen LogP contribution in [0.2, 0.25) is 0 Å². The highest BCUT2D eigenvalue weighted by Gasteiger charge is 2.27. The Morgan fingerprint density at radius 3 is 2.65 bits per heavy atom. The van der Waals surface area contributed by atoms with E-state index in [4.69, 9.17) is 4.74 Å². The number of methoxy groups -OCH3 is 1. The van der Waals surface area contributed by atoms with E-state index in [1.807, 2.05) is 17.3 Å². The molecule has 0 unspecified atom stereocenters. The number of ketones is 1. The lowest BCUT2D eigenvalue weighted by atomic mass is 9.95. The van der Waals surface area contributed by atoms with Crippen molar-refractivity contribution >= 4 is 11.7 Å². The Balaban J connectivity index is 1.63. The van der Waals surface area contributed by atoms with Crippen molar-refractivity contribution in [1.29, 1.82) is 0 Å². The minimum atomic E-state index is -0.0266. The third-order valence-electron chi connectivity index (χ3n) is 4.95. The van der Waals surface area contributed by atoms with Crippen molar-refractivity contribution in [2.75, 3.05) is 26.8 Å². The SMILES string of the molecule is COCCn1ccnc1C1CCN(C(=O)c2cccc(C(C)=O)c2)CC1. The molecule has 2 aromatic rings. The first-order chi connectivity index (χ1) is 12.6. The summed E-state index contributed by atoms with van der Waals surface area (Å²) >= 11 is 0. The van der Waals surface area contributed by atoms with Crippen LogP contribution in [-0.4, -0.2) is 52.9 Å². The van der Waals surface area contributed by atoms with Gasteiger partial charge < -0.3 is 14.2 Å². The molecule has 0 N–H and O–H groups in total. The molecular weight excluding hydrogens is 330 g/mol. The molecule has 0 saturated carbocycles. The number of hydrogen-bond donors (Lipinski definition) is 0. The zero-order valence-electron chi connectivity index (χ0n) is 15.4. The van der Waals surface area contributed by atoms with Crippen LogP contribution in [0.3, 0.4) is 0 Å². The highest BCUT2D eigenvalue weighted by atomic mass is 16.5. The number of nitrogens with zero attached hydrogens (tertiary/aromatic N) is 3. The zero-order chi connectivity index (χ0) is 18.5. The lowest BCUT2D eigenvalue weighted by Crippen LogP contribution is -2.38. The molecule has 6 heteroatoms. The van der Waals surface area contributed by atoms with Gasteiger partial charge in [0.1, 0.15) is 5.82 Å². The number of Topliss-reactive ketones (excluding diaryl/α,β-unsaturated/α-hetero) is 1. The van der Waals surface area contributed by atoms with E-state index < -0.39 is 0 Å². The van der Waals surface area contributed by atoms with Gasteiger partial charge in [0.2, 0.25) is 0 Å². The molecule has 1 aromatic carbocycles. The Bertz CT molecular complexity index is 776. The Morgan fingerprint density at radius 1 is 1.23 bits per heavy atom. The second-order valence-corrected chi connectivity index (χ2v) is 6.68. The third-order valence-corrected chi connectivity index (χ3v) is 4.95. The summed E-state index contributed by atoms with van der Waals surface area (Å²) in [5.74, 6) is 1.40. The van der Waals surface area contributed by atoms with Crippen molar-refractivity contribution in [3.63, 3.8) is 0 Å². The summed E-state index contributed by atoms with van der Waals surface area (Å²) in [6.45, 7) is 4.37. The van der Waals surface area contributed by atoms with E-state index in [2.05, 4.69) is 9.55 Å². The van der Waals surface area contributed by atoms with Gasteiger partial charge in [0, 0.05) is 56.2 Å². The average molecular weight is 355 g/mol. The molecule has 0 atom stereocenters. The largest absolute Gasteiger partial charge is 0.383 e. The van der Waals surface area contributed by atoms with Gasteiger partial charge >= 0.3 is 0 Å². The monoisotopic (exact) mass is 355 g/mol. The van der Waals surface area contributed by atoms with Crippen LogP contribution in [0.15, 0.2) is 36.7 Å². The molecule has 1 amide bonds. The number of rotatable bonds is 6. The fourth-order valence-electron chi connectivity index (χ4n) is 3.45. The number of carbonyl (C=O) groups excluding carboxylic acids is 2. The highest BCUT2D eigenvalue weighted by Crippen LogP contribution is 2.27. The van der Waals surface area contributed by atoms with E-state index in [0.29, 0.717) is 36.7 Å². The lowest BCUT2D eigenvalue weighted by molar-refractivity contribution is 0.0710. The van der Waals surface area contributed by atoms with Crippen molar-refractivity contribution in [1.82, 2.24) is 14.5 Å². The predicted octanol–water partition coefficient (Wildman–Crippen LogP) is 2.75. The zero-order valence-corrected chi connectivity index (χ0v) is 15.4. The normalized spacial score (nSPS) is 15.2. The minimum Gasteiger partial charge on any atom is -0.383 e. The van der Waals surface area contributed by atoms with E-state index in [1.54, 1.807) is 31.4 Å². The maximum Gasteiger partial charge on any atom is 0.253 e. The van der Waals surface area contributed by atoms with Crippen LogP contribution >= 0.6 is 0 Å². The number of carbonyl (C=O) groups is 2. The van der Waals surface area contributed by atoms with Crippen LogP contribution < -0.4 is 0 Å². The maximum absolute atomic E-state index is 12.8. The number of amides is 1. The molecule has 0 radical (unpaired) electrons. The van der Waals surface area contributed by atoms with E-state index in [1.165, 1.54) is 6.92 Å². The van der Waals surface area contributed by atoms with Crippen molar-refractivity contribution < 1.29 is 14.3 Å². The molecule has 0 aliphatic carbocycles. The van der Waals surface area contributed by atoms with Gasteiger partial charge in [-0.2, -0.15) is 0 Å². The molecule has 3 rings (SSSR count). The van der Waals surface area contributed by atoms with Gasteiger partial charge in [0.25, 0.3) is 5.91 Å². The van der Waals surface area contributed by atoms with E-state index >= 15 is 0 Å². The van der Waals surface area contributed by atoms with Crippen molar-refractivity contribution in [2.24, 2.45) is 0 Å². The molecule has 1 fully saturated rings. The van der Waals surface area contributed by atoms with Gasteiger partial charge in [-0.1, -0.05) is 12.1 Å². The van der Waals surface area contributed by atoms with Gasteiger partial charge in [0.05, 0.1) is 6.61 Å². The third kappa shape index (κ3) is 4.02. The topological polar surface area (TPSA) is 64.4 Å². The first-order valence-corrected chi connectivity index (χ1v) is 9.00. The smallest absolute Gasteiger partial charge is 0.253 e. The lowest BCUT2D eigenvalue weighted by Gasteiger charge is -2.32. The summed E-state index contributed by atoms with van der Waals surface area (Å²) in [4.78, 5) is 30.7. The number of likely N-dealkylation sites (tertiary alicyclic amines) is 1. The van der Waals surface area contributed by atoms with Gasteiger partial charge in [-0.3, -0.25) is 9.59 Å². The Kier molecular flexibility index (Phi) is 5.83. The first-order valence-electron chi connectivity index (χ1n) is 9.00. The van der Waals surface area contributed by atoms with Crippen LogP contribution in [-0.2, 0) is 11.3 Å². The van der Waals surface area contributed by atoms with E-state index in [0.717, 1.165) is 25.2 Å². The van der Waals surface area contributed by atoms with Crippen molar-refractivity contribution in [2.45, 2.75) is 32.2 Å². The minimum absolute atomic E-state index is 0.00530. The Morgan fingerprint density at radius 2 is 1.96 bits per heavy atom. The standard InChI is InChI=1S/C20H25N3O3/c1-15(24)17-4-3-5-18(14-17)20(25)23-9-6-16(7-10-23)19-21-8-11-22(19)12-13-26-2/h3-5,8,11,14,16H,6-7,9-10,12-13H2,1-2H3. The highest BCUT2D eigenvalue weighted by molar-refractivity contribution is 5.99. The number of benzene rings is 1. The molecule has 26 heavy (non-hydrogen) atoms. The Hall–Kier alpha value is -2.47. The van der Waals surface area contributed by atoms with Crippen LogP contribution in [0.5, 0.6) is 0 Å². The first kappa shape index (κ1) is 18.3. The molecule has 1 aliphatic heterocycles. The van der Waals surface area contributed by atoms with Crippen LogP contribution in [0.1, 0.15) is 52.2 Å². The molecule has 0 bridgehead atoms. The Labute approximate surface area is 153 Å². The second-order valence-electron chi connectivity index (χ2n) is 6.68. The van der Waals surface area contributed by atoms with Gasteiger partial charge in [-0.25, -0.2) is 4.98 Å². The average Bonchev–Trinajstić information content (AvgIpc) is 3.14. The molecule has 1 aliphatic rings. The fraction of sp³-hybridized carbons (Fsp3) is 0.450. The summed E-state index contributed by atoms with van der Waals surface area (Å²) in [5, 5.41) is 0. The molecule has 0 spiro atoms. The van der Waals surface area contributed by atoms with Gasteiger partial charge in [-0.05, 0) is 31.9 Å². The summed E-state index contributed by atoms with van der Waals surface area (Å²) in [6, 6.07) is 6.97. The van der Waals surface area contributed by atoms with Crippen LogP contribution in [0.4, 0.5) is 0 Å². The van der Waals surface area contributed by atoms with Crippen molar-refractivity contribution in [3.8, 4) is 0 Å². The van der Waals surface area contributed by atoms with E-state index in [-0.39, 0.29) is 11.7 Å². The van der Waals surface area contributed by atoms with E-state index in [9.17, 15) is 9.59 Å². The molecule has 6 nitrogen and oxygen atoms in total. The van der Waals surface area contributed by atoms with Crippen LogP contribution in [0, 0.1) is 0 Å². The van der Waals surface area contributed by atoms with Gasteiger partial charge in [0.15, 0.2) is 5.78 Å². The summed E-state index contributed by atoms with van der Waals surface area (Å²) in [5.41, 5.74) is 1.16. The number of aromatic nitrogens is 2. The van der Waals surface area contributed by atoms with Crippen molar-refractivity contribution in [3.05, 3.63) is 53.6 Å². The number of hydrogen-bond acceptors (Lipinski definition) is 4. The summed E-state index contributed by atoms with van der Waals surface area (Å²) < 4.78 is 7.30. The maximum atomic E-state index is 12.8. The quantitative estimate of drug-likeness (QED) is 0.748. The molecule has 2 heterocycles. The second kappa shape index (κ2) is 8.27. The number of ether oxygens (including phenoxy) is 1.